The van der Waals surface area contributed by atoms with Crippen molar-refractivity contribution in [1.82, 2.24) is 9.78 Å². The van der Waals surface area contributed by atoms with Gasteiger partial charge in [-0.3, -0.25) is 4.68 Å². The van der Waals surface area contributed by atoms with Crippen molar-refractivity contribution in [2.75, 3.05) is 6.54 Å². The molecule has 1 fully saturated rings. The molecule has 3 nitrogen and oxygen atoms in total. The molecule has 0 amide bonds. The van der Waals surface area contributed by atoms with Crippen LogP contribution < -0.4 is 5.73 Å². The fourth-order valence-corrected chi connectivity index (χ4v) is 4.00. The van der Waals surface area contributed by atoms with Gasteiger partial charge in [0, 0.05) is 7.05 Å². The van der Waals surface area contributed by atoms with E-state index in [-0.39, 0.29) is 5.41 Å². The number of aryl methyl sites for hydroxylation is 2. The molecule has 1 aliphatic carbocycles. The predicted octanol–water partition coefficient (Wildman–Crippen LogP) is 4.11. The summed E-state index contributed by atoms with van der Waals surface area (Å²) in [6, 6.07) is 0. The van der Waals surface area contributed by atoms with Crippen LogP contribution in [0.4, 0.5) is 0 Å². The molecule has 1 aromatic heterocycles. The van der Waals surface area contributed by atoms with Crippen molar-refractivity contribution in [3.8, 4) is 0 Å². The number of hydrogen-bond donors (Lipinski definition) is 1. The lowest BCUT2D eigenvalue weighted by Crippen LogP contribution is -2.39. The normalized spacial score (nSPS) is 27.1. The van der Waals surface area contributed by atoms with Crippen LogP contribution in [0.3, 0.4) is 0 Å². The fraction of sp³-hybridized carbons (Fsp3) is 0.824. The van der Waals surface area contributed by atoms with Gasteiger partial charge in [-0.2, -0.15) is 5.10 Å². The third kappa shape index (κ3) is 3.45. The second-order valence-electron chi connectivity index (χ2n) is 7.99. The lowest BCUT2D eigenvalue weighted by Gasteiger charge is -2.43. The Morgan fingerprint density at radius 1 is 1.33 bits per heavy atom. The van der Waals surface area contributed by atoms with E-state index in [1.807, 2.05) is 18.7 Å². The second kappa shape index (κ2) is 5.92. The Balaban J connectivity index is 2.14. The van der Waals surface area contributed by atoms with Crippen molar-refractivity contribution in [2.45, 2.75) is 59.8 Å². The molecule has 2 rings (SSSR count). The van der Waals surface area contributed by atoms with Gasteiger partial charge in [-0.25, -0.2) is 0 Å². The number of nitrogens with two attached hydrogens (primary N) is 1. The molecule has 1 aromatic rings. The van der Waals surface area contributed by atoms with E-state index in [2.05, 4.69) is 25.9 Å². The Hall–Kier alpha value is -0.540. The molecule has 0 bridgehead atoms. The molecule has 21 heavy (non-hydrogen) atoms. The summed E-state index contributed by atoms with van der Waals surface area (Å²) in [6.45, 7) is 9.78. The van der Waals surface area contributed by atoms with Crippen molar-refractivity contribution in [3.05, 3.63) is 16.4 Å². The molecule has 0 radical (unpaired) electrons. The Kier molecular flexibility index (Phi) is 4.75. The summed E-state index contributed by atoms with van der Waals surface area (Å²) in [5.74, 6) is 0.806. The lowest BCUT2D eigenvalue weighted by molar-refractivity contribution is 0.0913. The van der Waals surface area contributed by atoms with Gasteiger partial charge in [0.2, 0.25) is 0 Å². The van der Waals surface area contributed by atoms with Crippen LogP contribution in [-0.4, -0.2) is 16.3 Å². The van der Waals surface area contributed by atoms with Crippen LogP contribution in [0, 0.1) is 23.7 Å². The fourth-order valence-electron chi connectivity index (χ4n) is 3.78. The summed E-state index contributed by atoms with van der Waals surface area (Å²) in [7, 11) is 1.99. The number of rotatable bonds is 3. The van der Waals surface area contributed by atoms with E-state index in [1.54, 1.807) is 0 Å². The van der Waals surface area contributed by atoms with E-state index < -0.39 is 0 Å². The minimum atomic E-state index is 0.200. The average Bonchev–Trinajstić information content (AvgIpc) is 2.65. The molecule has 0 atom stereocenters. The molecule has 0 spiro atoms. The average molecular weight is 312 g/mol. The molecular weight excluding hydrogens is 282 g/mol. The maximum absolute atomic E-state index is 6.43. The first-order valence-electron chi connectivity index (χ1n) is 8.06. The summed E-state index contributed by atoms with van der Waals surface area (Å²) in [5.41, 5.74) is 8.85. The van der Waals surface area contributed by atoms with Crippen molar-refractivity contribution in [2.24, 2.45) is 29.5 Å². The molecule has 1 heterocycles. The predicted molar refractivity (Wildman–Crippen MR) is 89.6 cm³/mol. The first kappa shape index (κ1) is 16.8. The molecule has 120 valence electrons. The molecule has 1 saturated carbocycles. The van der Waals surface area contributed by atoms with E-state index in [0.717, 1.165) is 35.3 Å². The van der Waals surface area contributed by atoms with Crippen LogP contribution in [0.2, 0.25) is 5.02 Å². The van der Waals surface area contributed by atoms with E-state index in [1.165, 1.54) is 25.7 Å². The zero-order valence-electron chi connectivity index (χ0n) is 14.2. The van der Waals surface area contributed by atoms with Gasteiger partial charge in [-0.05, 0) is 62.3 Å². The van der Waals surface area contributed by atoms with E-state index in [4.69, 9.17) is 17.3 Å². The highest BCUT2D eigenvalue weighted by Gasteiger charge is 2.39. The number of aromatic nitrogens is 2. The minimum absolute atomic E-state index is 0.200. The van der Waals surface area contributed by atoms with Gasteiger partial charge in [0.1, 0.15) is 0 Å². The molecule has 0 saturated heterocycles. The Morgan fingerprint density at radius 2 is 1.90 bits per heavy atom. The van der Waals surface area contributed by atoms with Crippen LogP contribution in [-0.2, 0) is 13.5 Å². The quantitative estimate of drug-likeness (QED) is 0.913. The zero-order chi connectivity index (χ0) is 15.8. The third-order valence-electron chi connectivity index (χ3n) is 5.51. The number of nitrogens with zero attached hydrogens (tertiary/aromatic N) is 2. The van der Waals surface area contributed by atoms with Crippen molar-refractivity contribution >= 4 is 11.6 Å². The van der Waals surface area contributed by atoms with Gasteiger partial charge in [-0.1, -0.05) is 32.4 Å². The van der Waals surface area contributed by atoms with Gasteiger partial charge in [0.15, 0.2) is 0 Å². The first-order chi connectivity index (χ1) is 9.68. The summed E-state index contributed by atoms with van der Waals surface area (Å²) in [4.78, 5) is 0. The van der Waals surface area contributed by atoms with Crippen LogP contribution in [0.5, 0.6) is 0 Å². The van der Waals surface area contributed by atoms with Crippen LogP contribution in [0.25, 0.3) is 0 Å². The SMILES string of the molecule is Cc1nn(C)c(CC2(CN)CCC(C(C)(C)C)CC2)c1Cl. The highest BCUT2D eigenvalue weighted by molar-refractivity contribution is 6.31. The summed E-state index contributed by atoms with van der Waals surface area (Å²) in [5, 5.41) is 5.26. The van der Waals surface area contributed by atoms with Crippen LogP contribution in [0.15, 0.2) is 0 Å². The van der Waals surface area contributed by atoms with Crippen LogP contribution in [0.1, 0.15) is 57.8 Å². The van der Waals surface area contributed by atoms with Gasteiger partial charge in [0.05, 0.1) is 16.4 Å². The van der Waals surface area contributed by atoms with Gasteiger partial charge in [-0.15, -0.1) is 0 Å². The van der Waals surface area contributed by atoms with E-state index in [0.29, 0.717) is 5.41 Å². The molecule has 4 heteroatoms. The maximum Gasteiger partial charge on any atom is 0.0847 e. The smallest absolute Gasteiger partial charge is 0.0847 e. The highest BCUT2D eigenvalue weighted by atomic mass is 35.5. The first-order valence-corrected chi connectivity index (χ1v) is 8.44. The molecular formula is C17H30ClN3. The van der Waals surface area contributed by atoms with Crippen LogP contribution >= 0.6 is 11.6 Å². The van der Waals surface area contributed by atoms with Gasteiger partial charge >= 0.3 is 0 Å². The Morgan fingerprint density at radius 3 is 2.29 bits per heavy atom. The Labute approximate surface area is 134 Å². The number of halogens is 1. The lowest BCUT2D eigenvalue weighted by atomic mass is 9.62. The van der Waals surface area contributed by atoms with Gasteiger partial charge in [0.25, 0.3) is 0 Å². The standard InChI is InChI=1S/C17H30ClN3/c1-12-15(18)14(21(5)20-12)10-17(11-19)8-6-13(7-9-17)16(2,3)4/h13H,6-11,19H2,1-5H3. The van der Waals surface area contributed by atoms with E-state index >= 15 is 0 Å². The number of hydrogen-bond acceptors (Lipinski definition) is 2. The topological polar surface area (TPSA) is 43.8 Å². The molecule has 0 aromatic carbocycles. The van der Waals surface area contributed by atoms with Crippen molar-refractivity contribution in [1.29, 1.82) is 0 Å². The molecule has 2 N–H and O–H groups in total. The third-order valence-corrected chi connectivity index (χ3v) is 6.00. The zero-order valence-corrected chi connectivity index (χ0v) is 14.9. The minimum Gasteiger partial charge on any atom is -0.330 e. The monoisotopic (exact) mass is 311 g/mol. The van der Waals surface area contributed by atoms with Crippen molar-refractivity contribution < 1.29 is 0 Å². The molecule has 1 aliphatic rings. The summed E-state index contributed by atoms with van der Waals surface area (Å²) >= 11 is 6.43. The van der Waals surface area contributed by atoms with E-state index in [9.17, 15) is 0 Å². The largest absolute Gasteiger partial charge is 0.330 e. The summed E-state index contributed by atoms with van der Waals surface area (Å²) < 4.78 is 1.94. The van der Waals surface area contributed by atoms with Gasteiger partial charge < -0.3 is 5.73 Å². The highest BCUT2D eigenvalue weighted by Crippen LogP contribution is 2.47. The summed E-state index contributed by atoms with van der Waals surface area (Å²) in [6.07, 6.45) is 5.90. The second-order valence-corrected chi connectivity index (χ2v) is 8.37. The Bertz CT molecular complexity index is 491. The van der Waals surface area contributed by atoms with Crippen molar-refractivity contribution in [3.63, 3.8) is 0 Å². The molecule has 0 aliphatic heterocycles. The maximum atomic E-state index is 6.43. The molecule has 0 unspecified atom stereocenters.